The van der Waals surface area contributed by atoms with Gasteiger partial charge in [-0.2, -0.15) is 0 Å². The summed E-state index contributed by atoms with van der Waals surface area (Å²) in [7, 11) is 0. The van der Waals surface area contributed by atoms with E-state index in [0.29, 0.717) is 37.6 Å². The Hall–Kier alpha value is -3.90. The van der Waals surface area contributed by atoms with E-state index in [1.165, 1.54) is 48.5 Å². The predicted molar refractivity (Wildman–Crippen MR) is 130 cm³/mol. The second-order valence-electron chi connectivity index (χ2n) is 8.36. The molecule has 0 aliphatic carbocycles. The molecular weight excluding hydrogens is 456 g/mol. The Labute approximate surface area is 202 Å². The van der Waals surface area contributed by atoms with Crippen LogP contribution in [0.5, 0.6) is 0 Å². The minimum Gasteiger partial charge on any atom is -0.325 e. The average Bonchev–Trinajstić information content (AvgIpc) is 3.10. The summed E-state index contributed by atoms with van der Waals surface area (Å²) in [6.45, 7) is 6.15. The topological polar surface area (TPSA) is 151 Å². The number of amides is 2. The molecule has 1 aliphatic rings. The van der Waals surface area contributed by atoms with Crippen LogP contribution in [0.2, 0.25) is 0 Å². The summed E-state index contributed by atoms with van der Waals surface area (Å²) in [5, 5.41) is 27.2. The lowest BCUT2D eigenvalue weighted by Gasteiger charge is -2.28. The molecule has 2 N–H and O–H groups in total. The molecule has 12 heteroatoms. The Morgan fingerprint density at radius 2 is 1.06 bits per heavy atom. The molecule has 1 aliphatic heterocycles. The van der Waals surface area contributed by atoms with Gasteiger partial charge in [0.2, 0.25) is 11.8 Å². The van der Waals surface area contributed by atoms with E-state index < -0.39 is 21.9 Å². The summed E-state index contributed by atoms with van der Waals surface area (Å²) in [6, 6.07) is 10.5. The molecule has 2 amide bonds. The third kappa shape index (κ3) is 6.80. The maximum atomic E-state index is 12.7. The largest absolute Gasteiger partial charge is 0.325 e. The number of hydrogen-bond donors (Lipinski definition) is 2. The maximum Gasteiger partial charge on any atom is 0.269 e. The lowest BCUT2D eigenvalue weighted by atomic mass is 10.2. The number of nitro groups is 2. The van der Waals surface area contributed by atoms with Crippen molar-refractivity contribution >= 4 is 34.6 Å². The highest BCUT2D eigenvalue weighted by Gasteiger charge is 2.28. The van der Waals surface area contributed by atoms with Crippen molar-refractivity contribution in [3.63, 3.8) is 0 Å². The van der Waals surface area contributed by atoms with Crippen LogP contribution in [0.15, 0.2) is 48.5 Å². The standard InChI is InChI=1S/C23H28N6O6/c1-16(22(30)24-18-4-8-20(9-5-18)28(32)33)26-12-3-13-27(15-14-26)17(2)23(31)25-19-6-10-21(11-7-19)29(34)35/h4-11,16-17H,3,12-15H2,1-2H3,(H,24,30)(H,25,31)/t16-,17-/m1/s1. The molecule has 35 heavy (non-hydrogen) atoms. The number of rotatable bonds is 8. The minimum absolute atomic E-state index is 0.0459. The van der Waals surface area contributed by atoms with Crippen LogP contribution in [0.4, 0.5) is 22.7 Å². The van der Waals surface area contributed by atoms with Crippen molar-refractivity contribution in [1.29, 1.82) is 0 Å². The van der Waals surface area contributed by atoms with Crippen LogP contribution in [0, 0.1) is 20.2 Å². The molecule has 1 saturated heterocycles. The van der Waals surface area contributed by atoms with Crippen molar-refractivity contribution in [2.45, 2.75) is 32.4 Å². The van der Waals surface area contributed by atoms with Gasteiger partial charge in [-0.1, -0.05) is 0 Å². The first-order chi connectivity index (χ1) is 16.7. The van der Waals surface area contributed by atoms with Crippen molar-refractivity contribution in [2.24, 2.45) is 0 Å². The van der Waals surface area contributed by atoms with E-state index in [-0.39, 0.29) is 23.2 Å². The lowest BCUT2D eigenvalue weighted by Crippen LogP contribution is -2.46. The summed E-state index contributed by atoms with van der Waals surface area (Å²) in [5.74, 6) is -0.424. The molecule has 2 aromatic carbocycles. The fourth-order valence-electron chi connectivity index (χ4n) is 3.89. The molecule has 186 valence electrons. The SMILES string of the molecule is C[C@H](C(=O)Nc1ccc([N+](=O)[O-])cc1)N1CCCN([C@H](C)C(=O)Nc2ccc([N+](=O)[O-])cc2)CC1. The highest BCUT2D eigenvalue weighted by atomic mass is 16.6. The zero-order chi connectivity index (χ0) is 25.5. The van der Waals surface area contributed by atoms with Crippen molar-refractivity contribution < 1.29 is 19.4 Å². The van der Waals surface area contributed by atoms with Gasteiger partial charge in [-0.3, -0.25) is 39.6 Å². The average molecular weight is 485 g/mol. The van der Waals surface area contributed by atoms with Crippen LogP contribution in [0.3, 0.4) is 0 Å². The Morgan fingerprint density at radius 3 is 1.37 bits per heavy atom. The molecule has 0 bridgehead atoms. The van der Waals surface area contributed by atoms with Crippen LogP contribution in [-0.4, -0.2) is 69.7 Å². The Balaban J connectivity index is 1.52. The third-order valence-electron chi connectivity index (χ3n) is 6.11. The van der Waals surface area contributed by atoms with E-state index in [0.717, 1.165) is 6.42 Å². The molecule has 2 aromatic rings. The fraction of sp³-hybridized carbons (Fsp3) is 0.391. The maximum absolute atomic E-state index is 12.7. The summed E-state index contributed by atoms with van der Waals surface area (Å²) < 4.78 is 0. The molecule has 12 nitrogen and oxygen atoms in total. The number of anilines is 2. The molecule has 0 aromatic heterocycles. The quantitative estimate of drug-likeness (QED) is 0.429. The van der Waals surface area contributed by atoms with Gasteiger partial charge in [0.05, 0.1) is 21.9 Å². The molecule has 0 radical (unpaired) electrons. The number of hydrogen-bond acceptors (Lipinski definition) is 8. The first kappa shape index (κ1) is 25.7. The van der Waals surface area contributed by atoms with Gasteiger partial charge in [0.25, 0.3) is 11.4 Å². The molecular formula is C23H28N6O6. The van der Waals surface area contributed by atoms with Gasteiger partial charge in [-0.15, -0.1) is 0 Å². The van der Waals surface area contributed by atoms with Crippen LogP contribution < -0.4 is 10.6 Å². The Bertz CT molecular complexity index is 989. The van der Waals surface area contributed by atoms with E-state index in [1.807, 2.05) is 9.80 Å². The summed E-state index contributed by atoms with van der Waals surface area (Å²) in [5.41, 5.74) is 0.881. The number of carbonyl (C=O) groups excluding carboxylic acids is 2. The molecule has 0 unspecified atom stereocenters. The number of nitrogens with zero attached hydrogens (tertiary/aromatic N) is 4. The first-order valence-electron chi connectivity index (χ1n) is 11.2. The third-order valence-corrected chi connectivity index (χ3v) is 6.11. The Kier molecular flexibility index (Phi) is 8.44. The van der Waals surface area contributed by atoms with Crippen LogP contribution in [-0.2, 0) is 9.59 Å². The number of non-ortho nitro benzene ring substituents is 2. The van der Waals surface area contributed by atoms with Gasteiger partial charge in [0.15, 0.2) is 0 Å². The predicted octanol–water partition coefficient (Wildman–Crippen LogP) is 2.86. The number of carbonyl (C=O) groups is 2. The Morgan fingerprint density at radius 1 is 0.714 bits per heavy atom. The van der Waals surface area contributed by atoms with Crippen LogP contribution in [0.1, 0.15) is 20.3 Å². The summed E-state index contributed by atoms with van der Waals surface area (Å²) in [4.78, 5) is 50.1. The second kappa shape index (κ2) is 11.5. The monoisotopic (exact) mass is 484 g/mol. The van der Waals surface area contributed by atoms with Crippen LogP contribution in [0.25, 0.3) is 0 Å². The number of benzene rings is 2. The molecule has 0 saturated carbocycles. The molecule has 3 rings (SSSR count). The number of nitro benzene ring substituents is 2. The molecule has 1 fully saturated rings. The summed E-state index contributed by atoms with van der Waals surface area (Å²) in [6.07, 6.45) is 0.768. The number of nitrogens with one attached hydrogen (secondary N) is 2. The minimum atomic E-state index is -0.496. The first-order valence-corrected chi connectivity index (χ1v) is 11.2. The van der Waals surface area contributed by atoms with Gasteiger partial charge in [-0.05, 0) is 44.5 Å². The van der Waals surface area contributed by atoms with Crippen molar-refractivity contribution in [1.82, 2.24) is 9.80 Å². The van der Waals surface area contributed by atoms with E-state index >= 15 is 0 Å². The second-order valence-corrected chi connectivity index (χ2v) is 8.36. The van der Waals surface area contributed by atoms with E-state index in [9.17, 15) is 29.8 Å². The molecule has 2 atom stereocenters. The van der Waals surface area contributed by atoms with Crippen molar-refractivity contribution in [3.8, 4) is 0 Å². The van der Waals surface area contributed by atoms with Gasteiger partial charge < -0.3 is 10.6 Å². The van der Waals surface area contributed by atoms with Crippen molar-refractivity contribution in [3.05, 3.63) is 68.8 Å². The van der Waals surface area contributed by atoms with E-state index in [2.05, 4.69) is 10.6 Å². The highest BCUT2D eigenvalue weighted by molar-refractivity contribution is 5.95. The molecule has 1 heterocycles. The van der Waals surface area contributed by atoms with E-state index in [4.69, 9.17) is 0 Å². The van der Waals surface area contributed by atoms with Gasteiger partial charge in [-0.25, -0.2) is 0 Å². The normalized spacial score (nSPS) is 16.5. The van der Waals surface area contributed by atoms with Crippen molar-refractivity contribution in [2.75, 3.05) is 36.8 Å². The lowest BCUT2D eigenvalue weighted by molar-refractivity contribution is -0.385. The van der Waals surface area contributed by atoms with Crippen LogP contribution >= 0.6 is 0 Å². The zero-order valence-electron chi connectivity index (χ0n) is 19.5. The van der Waals surface area contributed by atoms with Gasteiger partial charge in [0, 0.05) is 61.8 Å². The van der Waals surface area contributed by atoms with Gasteiger partial charge in [0.1, 0.15) is 0 Å². The fourth-order valence-corrected chi connectivity index (χ4v) is 3.89. The summed E-state index contributed by atoms with van der Waals surface area (Å²) >= 11 is 0. The zero-order valence-corrected chi connectivity index (χ0v) is 19.5. The highest BCUT2D eigenvalue weighted by Crippen LogP contribution is 2.18. The van der Waals surface area contributed by atoms with Gasteiger partial charge >= 0.3 is 0 Å². The van der Waals surface area contributed by atoms with E-state index in [1.54, 1.807) is 13.8 Å². The molecule has 0 spiro atoms. The smallest absolute Gasteiger partial charge is 0.269 e.